The average molecular weight is 298 g/mol. The molecule has 1 heterocycles. The first-order valence-electron chi connectivity index (χ1n) is 5.35. The molecule has 1 aromatic heterocycles. The van der Waals surface area contributed by atoms with Crippen molar-refractivity contribution in [3.63, 3.8) is 0 Å². The van der Waals surface area contributed by atoms with Crippen molar-refractivity contribution in [2.75, 3.05) is 0 Å². The van der Waals surface area contributed by atoms with Crippen molar-refractivity contribution in [3.8, 4) is 0 Å². The smallest absolute Gasteiger partial charge is 0.123 e. The van der Waals surface area contributed by atoms with Gasteiger partial charge in [-0.25, -0.2) is 4.39 Å². The number of rotatable bonds is 4. The summed E-state index contributed by atoms with van der Waals surface area (Å²) in [5.74, 6) is 1.56. The Balaban J connectivity index is 1.91. The van der Waals surface area contributed by atoms with Gasteiger partial charge in [0.1, 0.15) is 17.3 Å². The van der Waals surface area contributed by atoms with E-state index in [1.165, 1.54) is 12.1 Å². The maximum absolute atomic E-state index is 13.0. The molecule has 0 spiro atoms. The van der Waals surface area contributed by atoms with Crippen molar-refractivity contribution in [2.24, 2.45) is 0 Å². The first-order valence-corrected chi connectivity index (χ1v) is 6.14. The topological polar surface area (TPSA) is 25.2 Å². The first kappa shape index (κ1) is 12.3. The molecule has 90 valence electrons. The predicted octanol–water partition coefficient (Wildman–Crippen LogP) is 3.78. The molecule has 0 atom stereocenters. The van der Waals surface area contributed by atoms with Crippen LogP contribution in [0.4, 0.5) is 4.39 Å². The molecule has 0 saturated carbocycles. The van der Waals surface area contributed by atoms with Gasteiger partial charge in [0.2, 0.25) is 0 Å². The summed E-state index contributed by atoms with van der Waals surface area (Å²) >= 11 is 3.39. The highest BCUT2D eigenvalue weighted by molar-refractivity contribution is 9.10. The summed E-state index contributed by atoms with van der Waals surface area (Å²) in [6.45, 7) is 3.14. The lowest BCUT2D eigenvalue weighted by Gasteiger charge is -2.05. The molecule has 1 aromatic carbocycles. The van der Waals surface area contributed by atoms with E-state index >= 15 is 0 Å². The van der Waals surface area contributed by atoms with Crippen LogP contribution in [0, 0.1) is 12.7 Å². The summed E-state index contributed by atoms with van der Waals surface area (Å²) in [7, 11) is 0. The molecule has 2 nitrogen and oxygen atoms in total. The van der Waals surface area contributed by atoms with Crippen molar-refractivity contribution >= 4 is 15.9 Å². The first-order chi connectivity index (χ1) is 8.15. The van der Waals surface area contributed by atoms with Gasteiger partial charge < -0.3 is 9.73 Å². The Labute approximate surface area is 108 Å². The molecular formula is C13H13BrFNO. The van der Waals surface area contributed by atoms with E-state index in [0.29, 0.717) is 13.1 Å². The third-order valence-electron chi connectivity index (χ3n) is 2.42. The maximum Gasteiger partial charge on any atom is 0.123 e. The molecule has 0 aliphatic carbocycles. The maximum atomic E-state index is 13.0. The highest BCUT2D eigenvalue weighted by atomic mass is 79.9. The second-order valence-corrected chi connectivity index (χ2v) is 4.71. The van der Waals surface area contributed by atoms with E-state index in [4.69, 9.17) is 4.42 Å². The molecule has 0 amide bonds. The Kier molecular flexibility index (Phi) is 3.97. The van der Waals surface area contributed by atoms with Gasteiger partial charge in [0, 0.05) is 11.0 Å². The average Bonchev–Trinajstić information content (AvgIpc) is 2.69. The fourth-order valence-electron chi connectivity index (χ4n) is 1.58. The fraction of sp³-hybridized carbons (Fsp3) is 0.231. The van der Waals surface area contributed by atoms with Crippen LogP contribution in [0.25, 0.3) is 0 Å². The van der Waals surface area contributed by atoms with Crippen molar-refractivity contribution in [2.45, 2.75) is 20.0 Å². The highest BCUT2D eigenvalue weighted by Gasteiger charge is 2.02. The van der Waals surface area contributed by atoms with Crippen molar-refractivity contribution in [1.82, 2.24) is 5.32 Å². The summed E-state index contributed by atoms with van der Waals surface area (Å²) in [6.07, 6.45) is 0. The van der Waals surface area contributed by atoms with Crippen LogP contribution < -0.4 is 5.32 Å². The van der Waals surface area contributed by atoms with Crippen molar-refractivity contribution in [3.05, 3.63) is 57.7 Å². The zero-order chi connectivity index (χ0) is 12.3. The number of hydrogen-bond acceptors (Lipinski definition) is 2. The molecule has 0 unspecified atom stereocenters. The molecule has 0 fully saturated rings. The molecule has 0 radical (unpaired) electrons. The summed E-state index contributed by atoms with van der Waals surface area (Å²) in [6, 6.07) is 8.52. The van der Waals surface area contributed by atoms with Crippen LogP contribution in [0.5, 0.6) is 0 Å². The van der Waals surface area contributed by atoms with E-state index in [1.807, 2.05) is 19.1 Å². The molecule has 0 aliphatic rings. The van der Waals surface area contributed by atoms with Crippen LogP contribution in [-0.2, 0) is 13.1 Å². The number of benzene rings is 1. The van der Waals surface area contributed by atoms with Crippen LogP contribution in [0.2, 0.25) is 0 Å². The zero-order valence-corrected chi connectivity index (χ0v) is 11.1. The van der Waals surface area contributed by atoms with Gasteiger partial charge in [0.25, 0.3) is 0 Å². The van der Waals surface area contributed by atoms with Crippen molar-refractivity contribution < 1.29 is 8.81 Å². The van der Waals surface area contributed by atoms with Gasteiger partial charge in [0.15, 0.2) is 0 Å². The monoisotopic (exact) mass is 297 g/mol. The van der Waals surface area contributed by atoms with Gasteiger partial charge in [-0.2, -0.15) is 0 Å². The standard InChI is InChI=1S/C13H13BrFNO/c1-9-2-4-12(17-9)8-16-7-10-6-11(15)3-5-13(10)14/h2-6,16H,7-8H2,1H3. The number of hydrogen-bond donors (Lipinski definition) is 1. The second-order valence-electron chi connectivity index (χ2n) is 3.85. The van der Waals surface area contributed by atoms with Crippen LogP contribution in [0.1, 0.15) is 17.1 Å². The largest absolute Gasteiger partial charge is 0.465 e. The number of halogens is 2. The van der Waals surface area contributed by atoms with Crippen molar-refractivity contribution in [1.29, 1.82) is 0 Å². The minimum absolute atomic E-state index is 0.223. The minimum Gasteiger partial charge on any atom is -0.465 e. The van der Waals surface area contributed by atoms with Gasteiger partial charge in [-0.05, 0) is 42.8 Å². The Morgan fingerprint density at radius 2 is 2.06 bits per heavy atom. The fourth-order valence-corrected chi connectivity index (χ4v) is 1.97. The molecular weight excluding hydrogens is 285 g/mol. The van der Waals surface area contributed by atoms with E-state index in [-0.39, 0.29) is 5.82 Å². The Bertz CT molecular complexity index is 510. The van der Waals surface area contributed by atoms with Gasteiger partial charge in [-0.3, -0.25) is 0 Å². The number of furan rings is 1. The lowest BCUT2D eigenvalue weighted by molar-refractivity contribution is 0.461. The molecule has 17 heavy (non-hydrogen) atoms. The molecule has 0 saturated heterocycles. The quantitative estimate of drug-likeness (QED) is 0.929. The lowest BCUT2D eigenvalue weighted by atomic mass is 10.2. The van der Waals surface area contributed by atoms with E-state index in [1.54, 1.807) is 6.07 Å². The normalized spacial score (nSPS) is 10.8. The van der Waals surface area contributed by atoms with Crippen LogP contribution >= 0.6 is 15.9 Å². The van der Waals surface area contributed by atoms with Gasteiger partial charge >= 0.3 is 0 Å². The second kappa shape index (κ2) is 5.47. The molecule has 0 aliphatic heterocycles. The lowest BCUT2D eigenvalue weighted by Crippen LogP contribution is -2.12. The summed E-state index contributed by atoms with van der Waals surface area (Å²) in [5.41, 5.74) is 0.897. The van der Waals surface area contributed by atoms with E-state index in [0.717, 1.165) is 21.6 Å². The summed E-state index contributed by atoms with van der Waals surface area (Å²) in [5, 5.41) is 3.21. The van der Waals surface area contributed by atoms with E-state index in [9.17, 15) is 4.39 Å². The Morgan fingerprint density at radius 1 is 1.24 bits per heavy atom. The molecule has 4 heteroatoms. The molecule has 1 N–H and O–H groups in total. The highest BCUT2D eigenvalue weighted by Crippen LogP contribution is 2.17. The molecule has 2 aromatic rings. The summed E-state index contributed by atoms with van der Waals surface area (Å²) < 4.78 is 19.4. The molecule has 2 rings (SSSR count). The third kappa shape index (κ3) is 3.41. The van der Waals surface area contributed by atoms with Gasteiger partial charge in [-0.1, -0.05) is 15.9 Å². The zero-order valence-electron chi connectivity index (χ0n) is 9.47. The summed E-state index contributed by atoms with van der Waals surface area (Å²) in [4.78, 5) is 0. The Morgan fingerprint density at radius 3 is 2.76 bits per heavy atom. The van der Waals surface area contributed by atoms with Crippen LogP contribution in [-0.4, -0.2) is 0 Å². The molecule has 0 bridgehead atoms. The van der Waals surface area contributed by atoms with E-state index in [2.05, 4.69) is 21.2 Å². The van der Waals surface area contributed by atoms with E-state index < -0.39 is 0 Å². The van der Waals surface area contributed by atoms with Gasteiger partial charge in [-0.15, -0.1) is 0 Å². The van der Waals surface area contributed by atoms with Gasteiger partial charge in [0.05, 0.1) is 6.54 Å². The van der Waals surface area contributed by atoms with Crippen LogP contribution in [0.15, 0.2) is 39.2 Å². The predicted molar refractivity (Wildman–Crippen MR) is 68.1 cm³/mol. The van der Waals surface area contributed by atoms with Crippen LogP contribution in [0.3, 0.4) is 0 Å². The minimum atomic E-state index is -0.223. The SMILES string of the molecule is Cc1ccc(CNCc2cc(F)ccc2Br)o1. The number of aryl methyl sites for hydroxylation is 1. The third-order valence-corrected chi connectivity index (χ3v) is 3.19. The Hall–Kier alpha value is -1.13. The number of nitrogens with one attached hydrogen (secondary N) is 1.